The maximum absolute atomic E-state index is 13.2. The van der Waals surface area contributed by atoms with Gasteiger partial charge in [0.25, 0.3) is 0 Å². The molecule has 0 aliphatic carbocycles. The van der Waals surface area contributed by atoms with E-state index >= 15 is 0 Å². The van der Waals surface area contributed by atoms with Gasteiger partial charge in [-0.25, -0.2) is 4.39 Å². The van der Waals surface area contributed by atoms with Crippen molar-refractivity contribution in [2.75, 3.05) is 12.4 Å². The highest BCUT2D eigenvalue weighted by Crippen LogP contribution is 2.26. The SMILES string of the molecule is COc1cc(F)ccc1NC(C)CCc1cccc(C)c1. The van der Waals surface area contributed by atoms with Gasteiger partial charge in [-0.1, -0.05) is 29.8 Å². The van der Waals surface area contributed by atoms with Gasteiger partial charge in [0.2, 0.25) is 0 Å². The van der Waals surface area contributed by atoms with Crippen molar-refractivity contribution in [2.45, 2.75) is 32.7 Å². The van der Waals surface area contributed by atoms with Crippen LogP contribution in [0.4, 0.5) is 10.1 Å². The number of aryl methyl sites for hydroxylation is 2. The molecule has 2 aromatic carbocycles. The monoisotopic (exact) mass is 287 g/mol. The molecule has 0 aromatic heterocycles. The number of rotatable bonds is 6. The van der Waals surface area contributed by atoms with E-state index in [-0.39, 0.29) is 11.9 Å². The molecule has 0 fully saturated rings. The van der Waals surface area contributed by atoms with Crippen LogP contribution < -0.4 is 10.1 Å². The third-order valence-electron chi connectivity index (χ3n) is 3.51. The zero-order valence-corrected chi connectivity index (χ0v) is 12.8. The molecule has 0 saturated heterocycles. The minimum absolute atomic E-state index is 0.282. The Morgan fingerprint density at radius 2 is 2.00 bits per heavy atom. The van der Waals surface area contributed by atoms with Gasteiger partial charge in [-0.15, -0.1) is 0 Å². The van der Waals surface area contributed by atoms with Crippen molar-refractivity contribution in [3.05, 3.63) is 59.4 Å². The van der Waals surface area contributed by atoms with Crippen molar-refractivity contribution in [3.63, 3.8) is 0 Å². The van der Waals surface area contributed by atoms with Crippen LogP contribution in [-0.2, 0) is 6.42 Å². The van der Waals surface area contributed by atoms with Crippen LogP contribution in [0.5, 0.6) is 5.75 Å². The molecule has 21 heavy (non-hydrogen) atoms. The van der Waals surface area contributed by atoms with E-state index in [9.17, 15) is 4.39 Å². The molecule has 0 saturated carbocycles. The van der Waals surface area contributed by atoms with Crippen LogP contribution in [0.25, 0.3) is 0 Å². The summed E-state index contributed by atoms with van der Waals surface area (Å²) < 4.78 is 18.4. The second kappa shape index (κ2) is 7.11. The summed E-state index contributed by atoms with van der Waals surface area (Å²) in [6.07, 6.45) is 2.02. The fraction of sp³-hybridized carbons (Fsp3) is 0.333. The minimum Gasteiger partial charge on any atom is -0.494 e. The second-order valence-corrected chi connectivity index (χ2v) is 5.42. The number of methoxy groups -OCH3 is 1. The van der Waals surface area contributed by atoms with Crippen molar-refractivity contribution in [1.82, 2.24) is 0 Å². The molecule has 2 aromatic rings. The summed E-state index contributed by atoms with van der Waals surface area (Å²) in [5.41, 5.74) is 3.46. The lowest BCUT2D eigenvalue weighted by atomic mass is 10.0. The van der Waals surface area contributed by atoms with Crippen molar-refractivity contribution in [1.29, 1.82) is 0 Å². The highest BCUT2D eigenvalue weighted by molar-refractivity contribution is 5.56. The molecule has 0 aliphatic heterocycles. The number of hydrogen-bond donors (Lipinski definition) is 1. The Bertz CT molecular complexity index is 598. The maximum atomic E-state index is 13.2. The van der Waals surface area contributed by atoms with E-state index in [2.05, 4.69) is 43.4 Å². The first-order valence-corrected chi connectivity index (χ1v) is 7.24. The molecule has 1 unspecified atom stereocenters. The smallest absolute Gasteiger partial charge is 0.144 e. The van der Waals surface area contributed by atoms with Crippen molar-refractivity contribution in [2.24, 2.45) is 0 Å². The molecule has 0 bridgehead atoms. The quantitative estimate of drug-likeness (QED) is 0.840. The molecule has 1 N–H and O–H groups in total. The third kappa shape index (κ3) is 4.48. The first kappa shape index (κ1) is 15.4. The van der Waals surface area contributed by atoms with Gasteiger partial charge in [0, 0.05) is 12.1 Å². The van der Waals surface area contributed by atoms with Crippen LogP contribution in [0.3, 0.4) is 0 Å². The molecule has 3 heteroatoms. The van der Waals surface area contributed by atoms with Crippen molar-refractivity contribution in [3.8, 4) is 5.75 Å². The number of halogens is 1. The van der Waals surface area contributed by atoms with Crippen molar-refractivity contribution >= 4 is 5.69 Å². The lowest BCUT2D eigenvalue weighted by molar-refractivity contribution is 0.412. The van der Waals surface area contributed by atoms with E-state index in [1.807, 2.05) is 0 Å². The minimum atomic E-state index is -0.287. The zero-order chi connectivity index (χ0) is 15.2. The molecular formula is C18H22FNO. The summed E-state index contributed by atoms with van der Waals surface area (Å²) >= 11 is 0. The number of hydrogen-bond acceptors (Lipinski definition) is 2. The van der Waals surface area contributed by atoms with Crippen LogP contribution >= 0.6 is 0 Å². The second-order valence-electron chi connectivity index (χ2n) is 5.42. The predicted octanol–water partition coefficient (Wildman–Crippen LogP) is 4.58. The fourth-order valence-corrected chi connectivity index (χ4v) is 2.37. The molecule has 1 atom stereocenters. The largest absolute Gasteiger partial charge is 0.494 e. The molecule has 0 aliphatic rings. The van der Waals surface area contributed by atoms with Gasteiger partial charge in [-0.2, -0.15) is 0 Å². The molecule has 2 rings (SSSR count). The van der Waals surface area contributed by atoms with Gasteiger partial charge in [-0.05, 0) is 44.4 Å². The van der Waals surface area contributed by atoms with Gasteiger partial charge in [-0.3, -0.25) is 0 Å². The lowest BCUT2D eigenvalue weighted by Gasteiger charge is -2.17. The molecule has 112 valence electrons. The summed E-state index contributed by atoms with van der Waals surface area (Å²) in [5.74, 6) is 0.252. The third-order valence-corrected chi connectivity index (χ3v) is 3.51. The summed E-state index contributed by atoms with van der Waals surface area (Å²) in [5, 5.41) is 3.38. The van der Waals surface area contributed by atoms with E-state index in [0.717, 1.165) is 18.5 Å². The Labute approximate surface area is 126 Å². The topological polar surface area (TPSA) is 21.3 Å². The first-order valence-electron chi connectivity index (χ1n) is 7.24. The normalized spacial score (nSPS) is 12.0. The zero-order valence-electron chi connectivity index (χ0n) is 12.8. The summed E-state index contributed by atoms with van der Waals surface area (Å²) in [7, 11) is 1.55. The molecule has 2 nitrogen and oxygen atoms in total. The Morgan fingerprint density at radius 1 is 1.19 bits per heavy atom. The molecule has 0 spiro atoms. The van der Waals surface area contributed by atoms with E-state index in [0.29, 0.717) is 5.75 Å². The van der Waals surface area contributed by atoms with Gasteiger partial charge in [0.15, 0.2) is 0 Å². The lowest BCUT2D eigenvalue weighted by Crippen LogP contribution is -2.16. The summed E-state index contributed by atoms with van der Waals surface area (Å²) in [6.45, 7) is 4.23. The first-order chi connectivity index (χ1) is 10.1. The van der Waals surface area contributed by atoms with E-state index in [1.54, 1.807) is 13.2 Å². The van der Waals surface area contributed by atoms with E-state index < -0.39 is 0 Å². The molecule has 0 amide bonds. The standard InChI is InChI=1S/C18H22FNO/c1-13-5-4-6-15(11-13)8-7-14(2)20-17-10-9-16(19)12-18(17)21-3/h4-6,9-12,14,20H,7-8H2,1-3H3. The average molecular weight is 287 g/mol. The Balaban J connectivity index is 1.94. The maximum Gasteiger partial charge on any atom is 0.144 e. The van der Waals surface area contributed by atoms with Gasteiger partial charge >= 0.3 is 0 Å². The Morgan fingerprint density at radius 3 is 2.71 bits per heavy atom. The van der Waals surface area contributed by atoms with Gasteiger partial charge < -0.3 is 10.1 Å². The predicted molar refractivity (Wildman–Crippen MR) is 85.5 cm³/mol. The summed E-state index contributed by atoms with van der Waals surface area (Å²) in [6, 6.07) is 13.4. The van der Waals surface area contributed by atoms with E-state index in [4.69, 9.17) is 4.74 Å². The van der Waals surface area contributed by atoms with E-state index in [1.165, 1.54) is 23.3 Å². The number of anilines is 1. The van der Waals surface area contributed by atoms with Gasteiger partial charge in [0.1, 0.15) is 11.6 Å². The number of ether oxygens (including phenoxy) is 1. The Kier molecular flexibility index (Phi) is 5.20. The Hall–Kier alpha value is -2.03. The molecule has 0 radical (unpaired) electrons. The fourth-order valence-electron chi connectivity index (χ4n) is 2.37. The van der Waals surface area contributed by atoms with Crippen LogP contribution in [0, 0.1) is 12.7 Å². The highest BCUT2D eigenvalue weighted by atomic mass is 19.1. The van der Waals surface area contributed by atoms with Gasteiger partial charge in [0.05, 0.1) is 12.8 Å². The van der Waals surface area contributed by atoms with Crippen LogP contribution in [-0.4, -0.2) is 13.2 Å². The van der Waals surface area contributed by atoms with Crippen LogP contribution in [0.2, 0.25) is 0 Å². The molecular weight excluding hydrogens is 265 g/mol. The molecule has 0 heterocycles. The van der Waals surface area contributed by atoms with Crippen LogP contribution in [0.1, 0.15) is 24.5 Å². The summed E-state index contributed by atoms with van der Waals surface area (Å²) in [4.78, 5) is 0. The average Bonchev–Trinajstić information content (AvgIpc) is 2.47. The number of benzene rings is 2. The van der Waals surface area contributed by atoms with Crippen molar-refractivity contribution < 1.29 is 9.13 Å². The highest BCUT2D eigenvalue weighted by Gasteiger charge is 2.08. The number of nitrogens with one attached hydrogen (secondary N) is 1. The van der Waals surface area contributed by atoms with Crippen LogP contribution in [0.15, 0.2) is 42.5 Å².